The van der Waals surface area contributed by atoms with Gasteiger partial charge in [0.1, 0.15) is 11.6 Å². The van der Waals surface area contributed by atoms with Gasteiger partial charge in [0.2, 0.25) is 0 Å². The molecule has 0 radical (unpaired) electrons. The van der Waals surface area contributed by atoms with Gasteiger partial charge in [0.05, 0.1) is 17.9 Å². The first-order valence-electron chi connectivity index (χ1n) is 7.70. The molecule has 0 aliphatic carbocycles. The number of carbonyl (C=O) groups excluding carboxylic acids is 1. The van der Waals surface area contributed by atoms with Gasteiger partial charge >= 0.3 is 5.97 Å². The highest BCUT2D eigenvalue weighted by molar-refractivity contribution is 5.74. The van der Waals surface area contributed by atoms with E-state index in [1.54, 1.807) is 17.8 Å². The quantitative estimate of drug-likeness (QED) is 0.857. The zero-order valence-corrected chi connectivity index (χ0v) is 14.1. The lowest BCUT2D eigenvalue weighted by Gasteiger charge is -2.23. The number of hydrogen-bond donors (Lipinski definition) is 1. The first-order valence-corrected chi connectivity index (χ1v) is 7.70. The van der Waals surface area contributed by atoms with Gasteiger partial charge in [-0.1, -0.05) is 35.5 Å². The Hall–Kier alpha value is -2.21. The fourth-order valence-electron chi connectivity index (χ4n) is 2.28. The molecular weight excluding hydrogens is 292 g/mol. The van der Waals surface area contributed by atoms with Crippen molar-refractivity contribution in [3.05, 3.63) is 47.8 Å². The van der Waals surface area contributed by atoms with Crippen LogP contribution in [-0.4, -0.2) is 26.6 Å². The number of nitrogens with zero attached hydrogens (tertiary/aromatic N) is 3. The van der Waals surface area contributed by atoms with Crippen molar-refractivity contribution in [3.63, 3.8) is 0 Å². The van der Waals surface area contributed by atoms with Gasteiger partial charge in [-0.25, -0.2) is 9.48 Å². The standard InChI is InChI=1S/C17H24N4O2/c1-12(16(22)23-17(2,3)4)21-15(11-19-20-21)14(18)10-13-8-6-5-7-9-13/h5-9,11-12,14H,10,18H2,1-4H3/t12-,14-/m0/s1. The van der Waals surface area contributed by atoms with Crippen molar-refractivity contribution < 1.29 is 9.53 Å². The Morgan fingerprint density at radius 1 is 1.30 bits per heavy atom. The Balaban J connectivity index is 2.13. The summed E-state index contributed by atoms with van der Waals surface area (Å²) in [7, 11) is 0. The van der Waals surface area contributed by atoms with E-state index < -0.39 is 11.6 Å². The molecule has 6 heteroatoms. The van der Waals surface area contributed by atoms with Gasteiger partial charge in [-0.3, -0.25) is 0 Å². The van der Waals surface area contributed by atoms with Crippen LogP contribution in [0.25, 0.3) is 0 Å². The monoisotopic (exact) mass is 316 g/mol. The summed E-state index contributed by atoms with van der Waals surface area (Å²) < 4.78 is 6.95. The lowest BCUT2D eigenvalue weighted by Crippen LogP contribution is -2.31. The van der Waals surface area contributed by atoms with E-state index in [1.165, 1.54) is 0 Å². The van der Waals surface area contributed by atoms with Gasteiger partial charge in [-0.05, 0) is 39.7 Å². The molecule has 0 bridgehead atoms. The smallest absolute Gasteiger partial charge is 0.331 e. The minimum absolute atomic E-state index is 0.294. The van der Waals surface area contributed by atoms with Crippen LogP contribution in [0.3, 0.4) is 0 Å². The molecule has 1 aromatic carbocycles. The summed E-state index contributed by atoms with van der Waals surface area (Å²) in [5, 5.41) is 7.93. The maximum absolute atomic E-state index is 12.2. The van der Waals surface area contributed by atoms with Crippen LogP contribution in [-0.2, 0) is 16.0 Å². The van der Waals surface area contributed by atoms with Crippen LogP contribution in [0, 0.1) is 0 Å². The highest BCUT2D eigenvalue weighted by Crippen LogP contribution is 2.20. The Morgan fingerprint density at radius 2 is 1.96 bits per heavy atom. The molecule has 6 nitrogen and oxygen atoms in total. The van der Waals surface area contributed by atoms with Crippen molar-refractivity contribution in [2.24, 2.45) is 5.73 Å². The first-order chi connectivity index (χ1) is 10.8. The van der Waals surface area contributed by atoms with E-state index in [9.17, 15) is 4.79 Å². The van der Waals surface area contributed by atoms with Crippen LogP contribution < -0.4 is 5.73 Å². The third-order valence-corrected chi connectivity index (χ3v) is 3.40. The molecular formula is C17H24N4O2. The maximum Gasteiger partial charge on any atom is 0.331 e. The fraction of sp³-hybridized carbons (Fsp3) is 0.471. The van der Waals surface area contributed by atoms with Crippen LogP contribution in [0.4, 0.5) is 0 Å². The number of ether oxygens (including phenoxy) is 1. The second-order valence-electron chi connectivity index (χ2n) is 6.61. The number of nitrogens with two attached hydrogens (primary N) is 1. The van der Waals surface area contributed by atoms with Gasteiger partial charge in [0.25, 0.3) is 0 Å². The zero-order chi connectivity index (χ0) is 17.0. The average molecular weight is 316 g/mol. The molecule has 0 fully saturated rings. The lowest BCUT2D eigenvalue weighted by molar-refractivity contribution is -0.158. The van der Waals surface area contributed by atoms with E-state index in [0.717, 1.165) is 5.56 Å². The second kappa shape index (κ2) is 6.91. The van der Waals surface area contributed by atoms with E-state index in [2.05, 4.69) is 10.3 Å². The number of carbonyl (C=O) groups is 1. The Kier molecular flexibility index (Phi) is 5.15. The van der Waals surface area contributed by atoms with Crippen LogP contribution in [0.15, 0.2) is 36.5 Å². The van der Waals surface area contributed by atoms with E-state index in [0.29, 0.717) is 12.1 Å². The molecule has 2 rings (SSSR count). The molecule has 2 aromatic rings. The van der Waals surface area contributed by atoms with Gasteiger partial charge in [0, 0.05) is 0 Å². The topological polar surface area (TPSA) is 83.0 Å². The summed E-state index contributed by atoms with van der Waals surface area (Å²) in [6.45, 7) is 7.24. The summed E-state index contributed by atoms with van der Waals surface area (Å²) >= 11 is 0. The van der Waals surface area contributed by atoms with E-state index >= 15 is 0 Å². The molecule has 0 saturated carbocycles. The molecule has 1 heterocycles. The predicted octanol–water partition coefficient (Wildman–Crippen LogP) is 2.42. The SMILES string of the molecule is C[C@@H](C(=O)OC(C)(C)C)n1nncc1[C@@H](N)Cc1ccccc1. The van der Waals surface area contributed by atoms with Crippen LogP contribution in [0.1, 0.15) is 51.0 Å². The second-order valence-corrected chi connectivity index (χ2v) is 6.61. The number of benzene rings is 1. The van der Waals surface area contributed by atoms with Crippen LogP contribution in [0.5, 0.6) is 0 Å². The Bertz CT molecular complexity index is 646. The molecule has 0 aliphatic heterocycles. The van der Waals surface area contributed by atoms with Crippen molar-refractivity contribution in [2.75, 3.05) is 0 Å². The fourth-order valence-corrected chi connectivity index (χ4v) is 2.28. The highest BCUT2D eigenvalue weighted by Gasteiger charge is 2.26. The predicted molar refractivity (Wildman–Crippen MR) is 87.7 cm³/mol. The summed E-state index contributed by atoms with van der Waals surface area (Å²) in [6, 6.07) is 9.08. The Morgan fingerprint density at radius 3 is 2.57 bits per heavy atom. The van der Waals surface area contributed by atoms with Crippen molar-refractivity contribution >= 4 is 5.97 Å². The molecule has 2 atom stereocenters. The highest BCUT2D eigenvalue weighted by atomic mass is 16.6. The Labute approximate surface area is 136 Å². The molecule has 23 heavy (non-hydrogen) atoms. The van der Waals surface area contributed by atoms with Crippen molar-refractivity contribution in [2.45, 2.75) is 51.8 Å². The van der Waals surface area contributed by atoms with Crippen molar-refractivity contribution in [1.82, 2.24) is 15.0 Å². The zero-order valence-electron chi connectivity index (χ0n) is 14.1. The summed E-state index contributed by atoms with van der Waals surface area (Å²) in [5.74, 6) is -0.351. The van der Waals surface area contributed by atoms with Crippen LogP contribution >= 0.6 is 0 Å². The number of rotatable bonds is 5. The molecule has 0 amide bonds. The summed E-state index contributed by atoms with van der Waals surface area (Å²) in [4.78, 5) is 12.2. The maximum atomic E-state index is 12.2. The molecule has 124 valence electrons. The average Bonchev–Trinajstić information content (AvgIpc) is 2.95. The van der Waals surface area contributed by atoms with Gasteiger partial charge in [0.15, 0.2) is 0 Å². The van der Waals surface area contributed by atoms with Crippen molar-refractivity contribution in [1.29, 1.82) is 0 Å². The van der Waals surface area contributed by atoms with Gasteiger partial charge in [-0.2, -0.15) is 0 Å². The number of esters is 1. The molecule has 1 aromatic heterocycles. The normalized spacial score (nSPS) is 14.3. The molecule has 0 saturated heterocycles. The minimum Gasteiger partial charge on any atom is -0.458 e. The van der Waals surface area contributed by atoms with Crippen molar-refractivity contribution in [3.8, 4) is 0 Å². The number of hydrogen-bond acceptors (Lipinski definition) is 5. The van der Waals surface area contributed by atoms with Gasteiger partial charge in [-0.15, -0.1) is 5.10 Å². The minimum atomic E-state index is -0.575. The molecule has 0 spiro atoms. The lowest BCUT2D eigenvalue weighted by atomic mass is 10.0. The summed E-state index contributed by atoms with van der Waals surface area (Å²) in [5.41, 5.74) is 7.58. The van der Waals surface area contributed by atoms with E-state index in [4.69, 9.17) is 10.5 Å². The molecule has 0 unspecified atom stereocenters. The third kappa shape index (κ3) is 4.63. The van der Waals surface area contributed by atoms with Gasteiger partial charge < -0.3 is 10.5 Å². The third-order valence-electron chi connectivity index (χ3n) is 3.40. The summed E-state index contributed by atoms with van der Waals surface area (Å²) in [6.07, 6.45) is 2.25. The molecule has 0 aliphatic rings. The first kappa shape index (κ1) is 17.1. The molecule has 2 N–H and O–H groups in total. The largest absolute Gasteiger partial charge is 0.458 e. The van der Waals surface area contributed by atoms with E-state index in [1.807, 2.05) is 51.1 Å². The van der Waals surface area contributed by atoms with E-state index in [-0.39, 0.29) is 12.0 Å². The number of aromatic nitrogens is 3. The van der Waals surface area contributed by atoms with Crippen LogP contribution in [0.2, 0.25) is 0 Å².